The van der Waals surface area contributed by atoms with E-state index in [1.165, 1.54) is 17.7 Å². The number of carbonyl (C=O) groups excluding carboxylic acids is 1. The van der Waals surface area contributed by atoms with Gasteiger partial charge in [0.05, 0.1) is 12.7 Å². The van der Waals surface area contributed by atoms with Crippen molar-refractivity contribution >= 4 is 37.5 Å². The van der Waals surface area contributed by atoms with E-state index in [2.05, 4.69) is 10.1 Å². The van der Waals surface area contributed by atoms with Crippen LogP contribution in [0.5, 0.6) is 5.75 Å². The monoisotopic (exact) mass is 561 g/mol. The lowest BCUT2D eigenvalue weighted by molar-refractivity contribution is -0.149. The first-order valence-corrected chi connectivity index (χ1v) is 13.6. The van der Waals surface area contributed by atoms with Gasteiger partial charge in [-0.15, -0.1) is 11.6 Å². The molecule has 3 N–H and O–H groups in total. The molecule has 3 rings (SSSR count). The molecule has 1 saturated heterocycles. The first-order chi connectivity index (χ1) is 16.9. The molecule has 6 atom stereocenters. The number of alkyl halides is 1. The lowest BCUT2D eigenvalue weighted by Gasteiger charge is -2.25. The van der Waals surface area contributed by atoms with E-state index in [1.807, 2.05) is 0 Å². The van der Waals surface area contributed by atoms with Gasteiger partial charge in [-0.1, -0.05) is 18.2 Å². The number of aromatic amines is 1. The Bertz CT molecular complexity index is 1220. The number of hydrogen-bond donors (Lipinski definition) is 3. The van der Waals surface area contributed by atoms with Gasteiger partial charge in [-0.2, -0.15) is 5.09 Å². The molecular formula is C22H29ClN3O8PS. The van der Waals surface area contributed by atoms with Crippen LogP contribution in [0, 0.1) is 11.7 Å². The zero-order valence-electron chi connectivity index (χ0n) is 20.1. The lowest BCUT2D eigenvalue weighted by atomic mass is 10.2. The predicted octanol–water partition coefficient (Wildman–Crippen LogP) is 3.21. The van der Waals surface area contributed by atoms with Crippen LogP contribution in [0.4, 0.5) is 0 Å². The van der Waals surface area contributed by atoms with Crippen molar-refractivity contribution in [3.05, 3.63) is 57.2 Å². The molecule has 11 nitrogen and oxygen atoms in total. The summed E-state index contributed by atoms with van der Waals surface area (Å²) in [5.74, 6) is -0.417. The Balaban J connectivity index is 1.77. The average Bonchev–Trinajstić information content (AvgIpc) is 3.08. The SMILES string of the molecule is Cc1cn([C@H]2O[C@@H](CO[P@@](=O)(N[C@@H](C)C(=O)OC(C)C)Oc3ccccc3)C(O)[C@H]2Cl)c(=S)[nH]c1=O. The van der Waals surface area contributed by atoms with Crippen LogP contribution in [0.1, 0.15) is 32.6 Å². The fraction of sp³-hybridized carbons (Fsp3) is 0.500. The molecule has 0 amide bonds. The smallest absolute Gasteiger partial charge is 0.459 e. The summed E-state index contributed by atoms with van der Waals surface area (Å²) in [6, 6.07) is 7.22. The summed E-state index contributed by atoms with van der Waals surface area (Å²) in [5.41, 5.74) is 0.0217. The van der Waals surface area contributed by atoms with Gasteiger partial charge in [0, 0.05) is 11.8 Å². The molecule has 1 aliphatic rings. The number of aryl methyl sites for hydroxylation is 1. The number of nitrogens with one attached hydrogen (secondary N) is 2. The minimum absolute atomic E-state index is 0.0623. The van der Waals surface area contributed by atoms with Gasteiger partial charge in [0.1, 0.15) is 29.4 Å². The van der Waals surface area contributed by atoms with Gasteiger partial charge in [0.15, 0.2) is 11.0 Å². The highest BCUT2D eigenvalue weighted by atomic mass is 35.5. The van der Waals surface area contributed by atoms with Crippen molar-refractivity contribution in [1.82, 2.24) is 14.6 Å². The summed E-state index contributed by atoms with van der Waals surface area (Å²) >= 11 is 11.6. The van der Waals surface area contributed by atoms with Gasteiger partial charge >= 0.3 is 13.7 Å². The number of hydrogen-bond acceptors (Lipinski definition) is 9. The molecule has 1 aromatic carbocycles. The molecule has 0 saturated carbocycles. The largest absolute Gasteiger partial charge is 0.462 e. The maximum Gasteiger partial charge on any atom is 0.459 e. The van der Waals surface area contributed by atoms with Crippen LogP contribution in [0.2, 0.25) is 0 Å². The van der Waals surface area contributed by atoms with E-state index >= 15 is 0 Å². The Labute approximate surface area is 218 Å². The normalized spacial score (nSPS) is 24.3. The molecule has 0 radical (unpaired) electrons. The second-order valence-electron chi connectivity index (χ2n) is 8.51. The molecule has 0 aliphatic carbocycles. The summed E-state index contributed by atoms with van der Waals surface area (Å²) < 4.78 is 37.3. The number of nitrogens with zero attached hydrogens (tertiary/aromatic N) is 1. The van der Waals surface area contributed by atoms with Crippen LogP contribution in [-0.2, 0) is 23.4 Å². The van der Waals surface area contributed by atoms with Crippen molar-refractivity contribution in [3.63, 3.8) is 0 Å². The fourth-order valence-electron chi connectivity index (χ4n) is 3.35. The van der Waals surface area contributed by atoms with Gasteiger partial charge < -0.3 is 19.1 Å². The van der Waals surface area contributed by atoms with E-state index in [-0.39, 0.29) is 22.2 Å². The summed E-state index contributed by atoms with van der Waals surface area (Å²) in [4.78, 5) is 26.6. The van der Waals surface area contributed by atoms with E-state index in [1.54, 1.807) is 51.1 Å². The summed E-state index contributed by atoms with van der Waals surface area (Å²) in [6.07, 6.45) is -2.09. The molecule has 14 heteroatoms. The Morgan fingerprint density at radius 1 is 1.33 bits per heavy atom. The molecule has 198 valence electrons. The van der Waals surface area contributed by atoms with Crippen molar-refractivity contribution in [2.45, 2.75) is 63.7 Å². The highest BCUT2D eigenvalue weighted by Crippen LogP contribution is 2.46. The van der Waals surface area contributed by atoms with Gasteiger partial charge in [-0.3, -0.25) is 23.7 Å². The predicted molar refractivity (Wildman–Crippen MR) is 135 cm³/mol. The number of ether oxygens (including phenoxy) is 2. The first-order valence-electron chi connectivity index (χ1n) is 11.2. The number of rotatable bonds is 10. The fourth-order valence-corrected chi connectivity index (χ4v) is 5.44. The number of halogens is 1. The van der Waals surface area contributed by atoms with Gasteiger partial charge in [-0.05, 0) is 52.0 Å². The maximum absolute atomic E-state index is 13.6. The van der Waals surface area contributed by atoms with Crippen LogP contribution < -0.4 is 15.2 Å². The Kier molecular flexibility index (Phi) is 9.50. The second kappa shape index (κ2) is 12.0. The summed E-state index contributed by atoms with van der Waals surface area (Å²) in [6.45, 7) is 6.03. The van der Waals surface area contributed by atoms with Crippen molar-refractivity contribution in [2.24, 2.45) is 0 Å². The van der Waals surface area contributed by atoms with Crippen molar-refractivity contribution in [3.8, 4) is 5.75 Å². The van der Waals surface area contributed by atoms with E-state index < -0.39 is 50.2 Å². The van der Waals surface area contributed by atoms with Gasteiger partial charge in [0.25, 0.3) is 5.56 Å². The van der Waals surface area contributed by atoms with Crippen molar-refractivity contribution in [2.75, 3.05) is 6.61 Å². The molecule has 1 fully saturated rings. The molecule has 0 spiro atoms. The topological polar surface area (TPSA) is 141 Å². The standard InChI is InChI=1S/C22H29ClN3O8PS/c1-12(2)32-21(29)14(4)25-35(30,34-15-8-6-5-7-9-15)31-11-16-18(27)17(23)20(33-16)26-10-13(3)19(28)24-22(26)36/h5-10,12,14,16-18,20,27H,11H2,1-4H3,(H,25,30)(H,24,28,36)/t14-,16-,17+,18?,20-,35-/m0/s1. The number of aliphatic hydroxyl groups is 1. The van der Waals surface area contributed by atoms with Crippen LogP contribution in [0.15, 0.2) is 41.3 Å². The number of esters is 1. The minimum atomic E-state index is -4.17. The number of carbonyl (C=O) groups is 1. The van der Waals surface area contributed by atoms with E-state index in [4.69, 9.17) is 42.3 Å². The maximum atomic E-state index is 13.6. The molecule has 0 bridgehead atoms. The van der Waals surface area contributed by atoms with E-state index in [0.29, 0.717) is 5.56 Å². The van der Waals surface area contributed by atoms with Crippen molar-refractivity contribution in [1.29, 1.82) is 0 Å². The Morgan fingerprint density at radius 2 is 2.00 bits per heavy atom. The molecule has 2 heterocycles. The Hall–Kier alpha value is -2.05. The van der Waals surface area contributed by atoms with Gasteiger partial charge in [0.2, 0.25) is 0 Å². The number of H-pyrrole nitrogens is 1. The zero-order valence-corrected chi connectivity index (χ0v) is 22.6. The van der Waals surface area contributed by atoms with Crippen LogP contribution >= 0.6 is 31.6 Å². The summed E-state index contributed by atoms with van der Waals surface area (Å²) in [5, 5.41) is 12.3. The molecule has 1 aromatic heterocycles. The lowest BCUT2D eigenvalue weighted by Crippen LogP contribution is -2.37. The molecule has 1 unspecified atom stereocenters. The third-order valence-electron chi connectivity index (χ3n) is 5.15. The third kappa shape index (κ3) is 7.04. The van der Waals surface area contributed by atoms with E-state index in [0.717, 1.165) is 0 Å². The molecule has 36 heavy (non-hydrogen) atoms. The highest BCUT2D eigenvalue weighted by Gasteiger charge is 2.45. The van der Waals surface area contributed by atoms with Crippen LogP contribution in [-0.4, -0.2) is 57.0 Å². The third-order valence-corrected chi connectivity index (χ3v) is 7.58. The number of benzene rings is 1. The second-order valence-corrected chi connectivity index (χ2v) is 11.1. The first kappa shape index (κ1) is 28.5. The minimum Gasteiger partial charge on any atom is -0.462 e. The van der Waals surface area contributed by atoms with Crippen LogP contribution in [0.25, 0.3) is 0 Å². The van der Waals surface area contributed by atoms with Crippen LogP contribution in [0.3, 0.4) is 0 Å². The molecule has 1 aliphatic heterocycles. The summed E-state index contributed by atoms with van der Waals surface area (Å²) in [7, 11) is -4.17. The average molecular weight is 562 g/mol. The molecule has 2 aromatic rings. The Morgan fingerprint density at radius 3 is 2.64 bits per heavy atom. The van der Waals surface area contributed by atoms with Crippen molar-refractivity contribution < 1.29 is 33.0 Å². The molecular weight excluding hydrogens is 533 g/mol. The zero-order chi connectivity index (χ0) is 26.6. The van der Waals surface area contributed by atoms with E-state index in [9.17, 15) is 19.3 Å². The highest BCUT2D eigenvalue weighted by molar-refractivity contribution is 7.71. The number of para-hydroxylation sites is 1. The quantitative estimate of drug-likeness (QED) is 0.171. The number of aliphatic hydroxyl groups excluding tert-OH is 1. The van der Waals surface area contributed by atoms with Gasteiger partial charge in [-0.25, -0.2) is 4.57 Å². The number of aromatic nitrogens is 2.